The Morgan fingerprint density at radius 2 is 2.00 bits per heavy atom. The molecule has 1 amide bonds. The first-order valence-electron chi connectivity index (χ1n) is 7.97. The molecule has 0 radical (unpaired) electrons. The number of hydrogen-bond acceptors (Lipinski definition) is 6. The van der Waals surface area contributed by atoms with Gasteiger partial charge in [-0.3, -0.25) is 14.4 Å². The molecule has 7 nitrogen and oxygen atoms in total. The molecule has 0 unspecified atom stereocenters. The molecule has 0 saturated heterocycles. The number of aryl methyl sites for hydroxylation is 1. The smallest absolute Gasteiger partial charge is 0.274 e. The second-order valence-corrected chi connectivity index (χ2v) is 7.04. The Bertz CT molecular complexity index is 1140. The predicted octanol–water partition coefficient (Wildman–Crippen LogP) is 4.28. The van der Waals surface area contributed by atoms with Crippen molar-refractivity contribution in [2.45, 2.75) is 6.92 Å². The van der Waals surface area contributed by atoms with Crippen molar-refractivity contribution in [3.05, 3.63) is 64.3 Å². The van der Waals surface area contributed by atoms with Gasteiger partial charge < -0.3 is 5.32 Å². The Hall–Kier alpha value is -2.94. The summed E-state index contributed by atoms with van der Waals surface area (Å²) in [5, 5.41) is 15.1. The van der Waals surface area contributed by atoms with Crippen LogP contribution in [0.4, 0.5) is 10.8 Å². The lowest BCUT2D eigenvalue weighted by Gasteiger charge is -2.04. The fourth-order valence-corrected chi connectivity index (χ4v) is 3.71. The van der Waals surface area contributed by atoms with Gasteiger partial charge in [-0.15, -0.1) is 11.3 Å². The summed E-state index contributed by atoms with van der Waals surface area (Å²) in [4.78, 5) is 20.6. The van der Waals surface area contributed by atoms with Crippen molar-refractivity contribution in [3.63, 3.8) is 0 Å². The van der Waals surface area contributed by atoms with Crippen LogP contribution in [-0.4, -0.2) is 25.5 Å². The molecule has 0 bridgehead atoms. The number of halogens is 1. The van der Waals surface area contributed by atoms with E-state index in [0.29, 0.717) is 21.4 Å². The number of imidazole rings is 1. The summed E-state index contributed by atoms with van der Waals surface area (Å²) in [5.41, 5.74) is 5.99. The third-order valence-corrected chi connectivity index (χ3v) is 5.08. The molecule has 0 saturated carbocycles. The van der Waals surface area contributed by atoms with Gasteiger partial charge in [0.05, 0.1) is 16.4 Å². The van der Waals surface area contributed by atoms with E-state index in [9.17, 15) is 4.79 Å². The highest BCUT2D eigenvalue weighted by Crippen LogP contribution is 2.31. The fraction of sp³-hybridized carbons (Fsp3) is 0.0556. The van der Waals surface area contributed by atoms with E-state index in [2.05, 4.69) is 15.3 Å². The van der Waals surface area contributed by atoms with Crippen LogP contribution in [0.3, 0.4) is 0 Å². The lowest BCUT2D eigenvalue weighted by atomic mass is 10.2. The largest absolute Gasteiger partial charge is 0.332 e. The van der Waals surface area contributed by atoms with Gasteiger partial charge in [-0.05, 0) is 43.3 Å². The minimum atomic E-state index is -0.556. The number of carbonyl (C=O) groups excluding carboxylic acids is 1. The van der Waals surface area contributed by atoms with Crippen molar-refractivity contribution in [3.8, 4) is 11.4 Å². The molecule has 27 heavy (non-hydrogen) atoms. The summed E-state index contributed by atoms with van der Waals surface area (Å²) in [5.74, 6) is -0.556. The van der Waals surface area contributed by atoms with E-state index < -0.39 is 5.91 Å². The Labute approximate surface area is 163 Å². The first kappa shape index (κ1) is 17.5. The maximum Gasteiger partial charge on any atom is 0.274 e. The zero-order valence-corrected chi connectivity index (χ0v) is 15.7. The minimum absolute atomic E-state index is 0.362. The molecule has 4 aromatic rings. The van der Waals surface area contributed by atoms with Gasteiger partial charge in [0.2, 0.25) is 0 Å². The Morgan fingerprint density at radius 1 is 1.22 bits per heavy atom. The number of hydrogen-bond donors (Lipinski definition) is 3. The number of anilines is 2. The molecule has 1 aromatic carbocycles. The SMILES string of the molecule is Cc1nc2c(Cl)cccn2c1-c1csc(Nc2ccc(C(=O)NO)cc2)n1. The number of fused-ring (bicyclic) bond motifs is 1. The zero-order chi connectivity index (χ0) is 19.0. The van der Waals surface area contributed by atoms with Crippen LogP contribution in [0.5, 0.6) is 0 Å². The number of nitrogens with zero attached hydrogens (tertiary/aromatic N) is 3. The quantitative estimate of drug-likeness (QED) is 0.352. The Balaban J connectivity index is 1.62. The zero-order valence-electron chi connectivity index (χ0n) is 14.1. The number of aromatic nitrogens is 3. The van der Waals surface area contributed by atoms with Gasteiger partial charge in [-0.25, -0.2) is 15.4 Å². The number of thiazole rings is 1. The van der Waals surface area contributed by atoms with Crippen LogP contribution in [-0.2, 0) is 0 Å². The second kappa shape index (κ2) is 6.99. The van der Waals surface area contributed by atoms with Crippen molar-refractivity contribution in [2.75, 3.05) is 5.32 Å². The van der Waals surface area contributed by atoms with E-state index in [4.69, 9.17) is 16.8 Å². The van der Waals surface area contributed by atoms with Crippen molar-refractivity contribution in [2.24, 2.45) is 0 Å². The molecule has 0 atom stereocenters. The summed E-state index contributed by atoms with van der Waals surface area (Å²) in [6.07, 6.45) is 1.91. The number of hydroxylamine groups is 1. The maximum absolute atomic E-state index is 11.4. The molecule has 3 aromatic heterocycles. The average Bonchev–Trinajstić information content (AvgIpc) is 3.26. The van der Waals surface area contributed by atoms with E-state index in [1.54, 1.807) is 29.7 Å². The highest BCUT2D eigenvalue weighted by Gasteiger charge is 2.15. The summed E-state index contributed by atoms with van der Waals surface area (Å²) in [6, 6.07) is 10.4. The Morgan fingerprint density at radius 3 is 2.74 bits per heavy atom. The highest BCUT2D eigenvalue weighted by atomic mass is 35.5. The molecule has 0 aliphatic heterocycles. The third kappa shape index (κ3) is 3.25. The topological polar surface area (TPSA) is 91.5 Å². The molecule has 4 rings (SSSR count). The number of pyridine rings is 1. The van der Waals surface area contributed by atoms with Crippen molar-refractivity contribution in [1.29, 1.82) is 0 Å². The number of nitrogens with one attached hydrogen (secondary N) is 2. The Kier molecular flexibility index (Phi) is 4.53. The van der Waals surface area contributed by atoms with E-state index in [1.807, 2.05) is 35.0 Å². The van der Waals surface area contributed by atoms with Crippen LogP contribution in [0.15, 0.2) is 48.0 Å². The van der Waals surface area contributed by atoms with Crippen LogP contribution in [0, 0.1) is 6.92 Å². The first-order valence-corrected chi connectivity index (χ1v) is 9.23. The molecule has 9 heteroatoms. The third-order valence-electron chi connectivity index (χ3n) is 4.02. The van der Waals surface area contributed by atoms with Crippen molar-refractivity contribution < 1.29 is 10.0 Å². The summed E-state index contributed by atoms with van der Waals surface area (Å²) in [6.45, 7) is 1.93. The number of carbonyl (C=O) groups is 1. The maximum atomic E-state index is 11.4. The molecule has 3 heterocycles. The summed E-state index contributed by atoms with van der Waals surface area (Å²) >= 11 is 7.69. The number of benzene rings is 1. The normalized spacial score (nSPS) is 10.9. The van der Waals surface area contributed by atoms with Gasteiger partial charge in [0.25, 0.3) is 5.91 Å². The number of amides is 1. The lowest BCUT2D eigenvalue weighted by molar-refractivity contribution is 0.0706. The molecule has 3 N–H and O–H groups in total. The lowest BCUT2D eigenvalue weighted by Crippen LogP contribution is -2.18. The molecular weight excluding hydrogens is 386 g/mol. The number of rotatable bonds is 4. The second-order valence-electron chi connectivity index (χ2n) is 5.78. The molecule has 0 aliphatic rings. The first-order chi connectivity index (χ1) is 13.1. The van der Waals surface area contributed by atoms with E-state index in [0.717, 1.165) is 22.8 Å². The van der Waals surface area contributed by atoms with Crippen LogP contribution in [0.1, 0.15) is 16.1 Å². The van der Waals surface area contributed by atoms with Gasteiger partial charge in [0.1, 0.15) is 5.69 Å². The molecule has 0 aliphatic carbocycles. The predicted molar refractivity (Wildman–Crippen MR) is 105 cm³/mol. The van der Waals surface area contributed by atoms with Crippen LogP contribution >= 0.6 is 22.9 Å². The van der Waals surface area contributed by atoms with E-state index >= 15 is 0 Å². The molecule has 0 spiro atoms. The average molecular weight is 400 g/mol. The van der Waals surface area contributed by atoms with Crippen LogP contribution in [0.2, 0.25) is 5.02 Å². The fourth-order valence-electron chi connectivity index (χ4n) is 2.79. The minimum Gasteiger partial charge on any atom is -0.332 e. The van der Waals surface area contributed by atoms with E-state index in [1.165, 1.54) is 11.3 Å². The molecule has 136 valence electrons. The van der Waals surface area contributed by atoms with Gasteiger partial charge in [-0.2, -0.15) is 0 Å². The van der Waals surface area contributed by atoms with Crippen molar-refractivity contribution in [1.82, 2.24) is 19.8 Å². The van der Waals surface area contributed by atoms with Gasteiger partial charge in [0.15, 0.2) is 10.8 Å². The highest BCUT2D eigenvalue weighted by molar-refractivity contribution is 7.14. The molecule has 0 fully saturated rings. The molecular formula is C18H14ClN5O2S. The van der Waals surface area contributed by atoms with Gasteiger partial charge in [-0.1, -0.05) is 11.6 Å². The van der Waals surface area contributed by atoms with E-state index in [-0.39, 0.29) is 0 Å². The summed E-state index contributed by atoms with van der Waals surface area (Å²) in [7, 11) is 0. The van der Waals surface area contributed by atoms with Crippen LogP contribution in [0.25, 0.3) is 17.0 Å². The summed E-state index contributed by atoms with van der Waals surface area (Å²) < 4.78 is 1.93. The van der Waals surface area contributed by atoms with Gasteiger partial charge >= 0.3 is 0 Å². The van der Waals surface area contributed by atoms with Crippen molar-refractivity contribution >= 4 is 45.3 Å². The van der Waals surface area contributed by atoms with Crippen LogP contribution < -0.4 is 10.8 Å². The monoisotopic (exact) mass is 399 g/mol. The van der Waals surface area contributed by atoms with Gasteiger partial charge in [0, 0.05) is 22.8 Å². The standard InChI is InChI=1S/C18H14ClN5O2S/c1-10-15(24-8-2-3-13(19)16(24)20-10)14-9-27-18(22-14)21-12-6-4-11(5-7-12)17(25)23-26/h2-9,26H,1H3,(H,21,22)(H,23,25).